The molecular formula is C9H13FO. The van der Waals surface area contributed by atoms with Crippen LogP contribution in [0.25, 0.3) is 0 Å². The summed E-state index contributed by atoms with van der Waals surface area (Å²) in [4.78, 5) is 0. The fourth-order valence-corrected chi connectivity index (χ4v) is 0.928. The van der Waals surface area contributed by atoms with Crippen molar-refractivity contribution in [3.05, 3.63) is 35.4 Å². The van der Waals surface area contributed by atoms with E-state index in [-0.39, 0.29) is 4.70 Å². The van der Waals surface area contributed by atoms with Crippen LogP contribution in [0.4, 0.5) is 4.70 Å². The number of halogens is 1. The molecule has 0 amide bonds. The van der Waals surface area contributed by atoms with Crippen LogP contribution in [0.1, 0.15) is 11.1 Å². The smallest absolute Gasteiger partial charge is 0.0715 e. The number of hydrogen-bond donors (Lipinski definition) is 0. The minimum absolute atomic E-state index is 0. The van der Waals surface area contributed by atoms with E-state index in [1.165, 1.54) is 11.1 Å². The molecule has 0 heterocycles. The molecule has 0 atom stereocenters. The van der Waals surface area contributed by atoms with E-state index in [4.69, 9.17) is 4.74 Å². The Morgan fingerprint density at radius 1 is 1.27 bits per heavy atom. The maximum Gasteiger partial charge on any atom is 0.0715 e. The van der Waals surface area contributed by atoms with Crippen LogP contribution in [0.15, 0.2) is 24.3 Å². The number of rotatable bonds is 2. The molecule has 62 valence electrons. The summed E-state index contributed by atoms with van der Waals surface area (Å²) >= 11 is 0. The minimum atomic E-state index is 0. The van der Waals surface area contributed by atoms with E-state index in [1.54, 1.807) is 7.11 Å². The number of aryl methyl sites for hydroxylation is 1. The highest BCUT2D eigenvalue weighted by atomic mass is 19.0. The zero-order valence-corrected chi connectivity index (χ0v) is 6.83. The second kappa shape index (κ2) is 4.85. The Labute approximate surface area is 66.4 Å². The molecular weight excluding hydrogens is 143 g/mol. The summed E-state index contributed by atoms with van der Waals surface area (Å²) in [5.41, 5.74) is 2.56. The average Bonchev–Trinajstić information content (AvgIpc) is 1.94. The third kappa shape index (κ3) is 2.68. The molecule has 0 radical (unpaired) electrons. The summed E-state index contributed by atoms with van der Waals surface area (Å²) in [6.07, 6.45) is 0. The molecule has 0 unspecified atom stereocenters. The molecule has 0 aliphatic carbocycles. The van der Waals surface area contributed by atoms with Gasteiger partial charge in [-0.3, -0.25) is 4.70 Å². The fraction of sp³-hybridized carbons (Fsp3) is 0.333. The number of hydrogen-bond acceptors (Lipinski definition) is 1. The highest BCUT2D eigenvalue weighted by Gasteiger charge is 1.92. The maximum absolute atomic E-state index is 5.01. The van der Waals surface area contributed by atoms with Gasteiger partial charge in [0, 0.05) is 7.11 Å². The monoisotopic (exact) mass is 156 g/mol. The van der Waals surface area contributed by atoms with Crippen molar-refractivity contribution in [2.75, 3.05) is 7.11 Å². The lowest BCUT2D eigenvalue weighted by molar-refractivity contribution is 0.184. The quantitative estimate of drug-likeness (QED) is 0.638. The first-order valence-electron chi connectivity index (χ1n) is 3.38. The predicted molar refractivity (Wildman–Crippen MR) is 44.4 cm³/mol. The Kier molecular flexibility index (Phi) is 4.46. The van der Waals surface area contributed by atoms with E-state index < -0.39 is 0 Å². The Morgan fingerprint density at radius 3 is 2.45 bits per heavy atom. The van der Waals surface area contributed by atoms with Crippen molar-refractivity contribution in [1.29, 1.82) is 0 Å². The Bertz CT molecular complexity index is 210. The molecule has 1 aromatic rings. The molecule has 0 saturated heterocycles. The van der Waals surface area contributed by atoms with Crippen LogP contribution in [0, 0.1) is 6.92 Å². The lowest BCUT2D eigenvalue weighted by atomic mass is 10.1. The van der Waals surface area contributed by atoms with Gasteiger partial charge in [-0.25, -0.2) is 0 Å². The molecule has 0 aromatic heterocycles. The summed E-state index contributed by atoms with van der Waals surface area (Å²) in [5.74, 6) is 0. The summed E-state index contributed by atoms with van der Waals surface area (Å²) < 4.78 is 5.01. The van der Waals surface area contributed by atoms with Gasteiger partial charge in [-0.1, -0.05) is 24.3 Å². The molecule has 0 bridgehead atoms. The lowest BCUT2D eigenvalue weighted by Gasteiger charge is -2.01. The number of methoxy groups -OCH3 is 1. The number of benzene rings is 1. The second-order valence-corrected chi connectivity index (χ2v) is 2.36. The zero-order valence-electron chi connectivity index (χ0n) is 6.83. The molecule has 1 nitrogen and oxygen atoms in total. The van der Waals surface area contributed by atoms with Gasteiger partial charge in [0.25, 0.3) is 0 Å². The first kappa shape index (κ1) is 10.1. The van der Waals surface area contributed by atoms with Crippen molar-refractivity contribution >= 4 is 0 Å². The fourth-order valence-electron chi connectivity index (χ4n) is 0.928. The average molecular weight is 156 g/mol. The van der Waals surface area contributed by atoms with Gasteiger partial charge >= 0.3 is 0 Å². The van der Waals surface area contributed by atoms with E-state index in [0.717, 1.165) is 0 Å². The largest absolute Gasteiger partial charge is 0.380 e. The van der Waals surface area contributed by atoms with Crippen LogP contribution < -0.4 is 0 Å². The maximum atomic E-state index is 5.01. The van der Waals surface area contributed by atoms with Crippen molar-refractivity contribution in [3.8, 4) is 0 Å². The minimum Gasteiger partial charge on any atom is -0.380 e. The molecule has 0 aliphatic heterocycles. The van der Waals surface area contributed by atoms with Crippen LogP contribution in [0.5, 0.6) is 0 Å². The van der Waals surface area contributed by atoms with Gasteiger partial charge in [-0.2, -0.15) is 0 Å². The van der Waals surface area contributed by atoms with Gasteiger partial charge in [0.15, 0.2) is 0 Å². The van der Waals surface area contributed by atoms with Gasteiger partial charge in [0.2, 0.25) is 0 Å². The first-order valence-corrected chi connectivity index (χ1v) is 3.38. The van der Waals surface area contributed by atoms with E-state index in [2.05, 4.69) is 19.1 Å². The topological polar surface area (TPSA) is 9.23 Å². The van der Waals surface area contributed by atoms with Gasteiger partial charge in [0.05, 0.1) is 6.61 Å². The van der Waals surface area contributed by atoms with Crippen LogP contribution in [-0.4, -0.2) is 7.11 Å². The third-order valence-corrected chi connectivity index (χ3v) is 1.56. The molecule has 1 aromatic carbocycles. The molecule has 0 saturated carbocycles. The molecule has 11 heavy (non-hydrogen) atoms. The van der Waals surface area contributed by atoms with E-state index in [0.29, 0.717) is 6.61 Å². The SMILES string of the molecule is COCc1ccccc1C.F. The lowest BCUT2D eigenvalue weighted by Crippen LogP contribution is -1.89. The molecule has 0 spiro atoms. The van der Waals surface area contributed by atoms with Crippen LogP contribution in [0.2, 0.25) is 0 Å². The summed E-state index contributed by atoms with van der Waals surface area (Å²) in [6, 6.07) is 8.24. The summed E-state index contributed by atoms with van der Waals surface area (Å²) in [5, 5.41) is 0. The van der Waals surface area contributed by atoms with Crippen LogP contribution in [-0.2, 0) is 11.3 Å². The van der Waals surface area contributed by atoms with Crippen molar-refractivity contribution in [1.82, 2.24) is 0 Å². The van der Waals surface area contributed by atoms with E-state index in [1.807, 2.05) is 12.1 Å². The van der Waals surface area contributed by atoms with Crippen molar-refractivity contribution < 1.29 is 9.44 Å². The second-order valence-electron chi connectivity index (χ2n) is 2.36. The van der Waals surface area contributed by atoms with Crippen molar-refractivity contribution in [3.63, 3.8) is 0 Å². The first-order chi connectivity index (χ1) is 4.84. The van der Waals surface area contributed by atoms with Gasteiger partial charge in [-0.05, 0) is 18.1 Å². The Hall–Kier alpha value is -0.890. The van der Waals surface area contributed by atoms with E-state index in [9.17, 15) is 0 Å². The van der Waals surface area contributed by atoms with Gasteiger partial charge in [0.1, 0.15) is 0 Å². The zero-order chi connectivity index (χ0) is 7.40. The normalized spacial score (nSPS) is 8.91. The van der Waals surface area contributed by atoms with Gasteiger partial charge in [-0.15, -0.1) is 0 Å². The number of ether oxygens (including phenoxy) is 1. The molecule has 0 N–H and O–H groups in total. The van der Waals surface area contributed by atoms with Crippen molar-refractivity contribution in [2.45, 2.75) is 13.5 Å². The molecule has 0 fully saturated rings. The van der Waals surface area contributed by atoms with Crippen LogP contribution >= 0.6 is 0 Å². The Morgan fingerprint density at radius 2 is 1.91 bits per heavy atom. The standard InChI is InChI=1S/C9H12O.FH/c1-8-5-3-4-6-9(8)7-10-2;/h3-6H,7H2,1-2H3;1H. The molecule has 0 aliphatic rings. The molecule has 2 heteroatoms. The highest BCUT2D eigenvalue weighted by molar-refractivity contribution is 5.24. The van der Waals surface area contributed by atoms with E-state index >= 15 is 0 Å². The Balaban J connectivity index is 0.000001000. The third-order valence-electron chi connectivity index (χ3n) is 1.56. The molecule has 1 rings (SSSR count). The highest BCUT2D eigenvalue weighted by Crippen LogP contribution is 2.06. The van der Waals surface area contributed by atoms with Gasteiger partial charge < -0.3 is 4.74 Å². The summed E-state index contributed by atoms with van der Waals surface area (Å²) in [7, 11) is 1.71. The predicted octanol–water partition coefficient (Wildman–Crippen LogP) is 2.29. The van der Waals surface area contributed by atoms with Crippen LogP contribution in [0.3, 0.4) is 0 Å². The van der Waals surface area contributed by atoms with Crippen molar-refractivity contribution in [2.24, 2.45) is 0 Å². The summed E-state index contributed by atoms with van der Waals surface area (Å²) in [6.45, 7) is 2.81.